The number of aromatic hydroxyl groups is 1. The molecule has 25 heavy (non-hydrogen) atoms. The first-order chi connectivity index (χ1) is 12.1. The smallest absolute Gasteiger partial charge is 0.173 e. The van der Waals surface area contributed by atoms with Crippen molar-refractivity contribution in [3.8, 4) is 5.75 Å². The van der Waals surface area contributed by atoms with Crippen molar-refractivity contribution in [3.63, 3.8) is 0 Å². The molecule has 4 nitrogen and oxygen atoms in total. The van der Waals surface area contributed by atoms with Crippen molar-refractivity contribution >= 4 is 34.6 Å². The zero-order valence-electron chi connectivity index (χ0n) is 13.8. The van der Waals surface area contributed by atoms with E-state index in [1.54, 1.807) is 12.1 Å². The fourth-order valence-electron chi connectivity index (χ4n) is 2.85. The van der Waals surface area contributed by atoms with Crippen LogP contribution >= 0.6 is 23.8 Å². The predicted molar refractivity (Wildman–Crippen MR) is 105 cm³/mol. The third kappa shape index (κ3) is 4.63. The standard InChI is InChI=1S/C19H21ClN2O2S/c20-16-8-2-3-9-17(16)22(13-14-6-1-4-10-18(14)23)19(25)21-12-15-7-5-11-24-15/h1-4,6,8-10,15,23H,5,7,11-13H2,(H,21,25)/t15-/m0/s1. The molecular formula is C19H21ClN2O2S. The number of nitrogens with one attached hydrogen (secondary N) is 1. The molecule has 1 heterocycles. The normalized spacial score (nSPS) is 16.6. The highest BCUT2D eigenvalue weighted by atomic mass is 35.5. The van der Waals surface area contributed by atoms with Crippen molar-refractivity contribution in [1.82, 2.24) is 5.32 Å². The third-order valence-electron chi connectivity index (χ3n) is 4.21. The van der Waals surface area contributed by atoms with E-state index in [1.165, 1.54) is 0 Å². The first-order valence-electron chi connectivity index (χ1n) is 8.33. The van der Waals surface area contributed by atoms with Gasteiger partial charge in [-0.1, -0.05) is 41.9 Å². The van der Waals surface area contributed by atoms with Crippen molar-refractivity contribution in [3.05, 3.63) is 59.1 Å². The van der Waals surface area contributed by atoms with Gasteiger partial charge in [0.05, 0.1) is 23.4 Å². The van der Waals surface area contributed by atoms with E-state index in [0.29, 0.717) is 23.2 Å². The van der Waals surface area contributed by atoms with Gasteiger partial charge in [0.25, 0.3) is 0 Å². The number of anilines is 1. The van der Waals surface area contributed by atoms with E-state index in [0.717, 1.165) is 30.7 Å². The van der Waals surface area contributed by atoms with Gasteiger partial charge in [-0.15, -0.1) is 0 Å². The van der Waals surface area contributed by atoms with E-state index in [1.807, 2.05) is 41.3 Å². The molecule has 0 bridgehead atoms. The average molecular weight is 377 g/mol. The molecule has 1 saturated heterocycles. The van der Waals surface area contributed by atoms with Crippen LogP contribution < -0.4 is 10.2 Å². The molecule has 1 aliphatic heterocycles. The van der Waals surface area contributed by atoms with Crippen LogP contribution in [0.2, 0.25) is 5.02 Å². The summed E-state index contributed by atoms with van der Waals surface area (Å²) in [5, 5.41) is 14.6. The van der Waals surface area contributed by atoms with Crippen LogP contribution in [0, 0.1) is 0 Å². The molecule has 2 aromatic carbocycles. The number of hydrogen-bond donors (Lipinski definition) is 2. The van der Waals surface area contributed by atoms with E-state index in [4.69, 9.17) is 28.6 Å². The fraction of sp³-hybridized carbons (Fsp3) is 0.316. The van der Waals surface area contributed by atoms with E-state index < -0.39 is 0 Å². The molecule has 0 aliphatic carbocycles. The molecule has 1 atom stereocenters. The van der Waals surface area contributed by atoms with E-state index in [2.05, 4.69) is 5.32 Å². The fourth-order valence-corrected chi connectivity index (χ4v) is 3.34. The summed E-state index contributed by atoms with van der Waals surface area (Å²) in [6, 6.07) is 14.8. The van der Waals surface area contributed by atoms with Crippen molar-refractivity contribution in [2.75, 3.05) is 18.1 Å². The minimum atomic E-state index is 0.191. The number of benzene rings is 2. The van der Waals surface area contributed by atoms with Crippen molar-refractivity contribution in [2.45, 2.75) is 25.5 Å². The predicted octanol–water partition coefficient (Wildman–Crippen LogP) is 4.11. The third-order valence-corrected chi connectivity index (χ3v) is 4.90. The summed E-state index contributed by atoms with van der Waals surface area (Å²) in [4.78, 5) is 1.90. The summed E-state index contributed by atoms with van der Waals surface area (Å²) >= 11 is 12.0. The van der Waals surface area contributed by atoms with Crippen LogP contribution in [0.4, 0.5) is 5.69 Å². The summed E-state index contributed by atoms with van der Waals surface area (Å²) in [5.41, 5.74) is 1.58. The van der Waals surface area contributed by atoms with Gasteiger partial charge in [-0.3, -0.25) is 0 Å². The van der Waals surface area contributed by atoms with Crippen LogP contribution in [-0.4, -0.2) is 29.5 Å². The number of phenolic OH excluding ortho intramolecular Hbond substituents is 1. The number of halogens is 1. The van der Waals surface area contributed by atoms with Crippen molar-refractivity contribution in [2.24, 2.45) is 0 Å². The van der Waals surface area contributed by atoms with Gasteiger partial charge in [0, 0.05) is 18.7 Å². The zero-order valence-corrected chi connectivity index (χ0v) is 15.4. The van der Waals surface area contributed by atoms with E-state index in [9.17, 15) is 5.11 Å². The molecule has 1 aliphatic rings. The van der Waals surface area contributed by atoms with Crippen LogP contribution in [-0.2, 0) is 11.3 Å². The zero-order chi connectivity index (χ0) is 17.6. The van der Waals surface area contributed by atoms with Gasteiger partial charge in [-0.2, -0.15) is 0 Å². The lowest BCUT2D eigenvalue weighted by atomic mass is 10.1. The highest BCUT2D eigenvalue weighted by Gasteiger charge is 2.20. The number of para-hydroxylation sites is 2. The monoisotopic (exact) mass is 376 g/mol. The lowest BCUT2D eigenvalue weighted by molar-refractivity contribution is 0.114. The van der Waals surface area contributed by atoms with Crippen LogP contribution in [0.25, 0.3) is 0 Å². The Morgan fingerprint density at radius 3 is 2.72 bits per heavy atom. The average Bonchev–Trinajstić information content (AvgIpc) is 3.13. The van der Waals surface area contributed by atoms with Crippen LogP contribution in [0.3, 0.4) is 0 Å². The molecule has 0 amide bonds. The molecule has 2 aromatic rings. The van der Waals surface area contributed by atoms with Crippen molar-refractivity contribution in [1.29, 1.82) is 0 Å². The maximum absolute atomic E-state index is 10.1. The summed E-state index contributed by atoms with van der Waals surface area (Å²) in [6.45, 7) is 1.90. The summed E-state index contributed by atoms with van der Waals surface area (Å²) < 4.78 is 5.64. The molecule has 0 radical (unpaired) electrons. The molecule has 0 spiro atoms. The minimum absolute atomic E-state index is 0.191. The number of thiocarbonyl (C=S) groups is 1. The first-order valence-corrected chi connectivity index (χ1v) is 9.12. The Hall–Kier alpha value is -1.82. The second-order valence-corrected chi connectivity index (χ2v) is 6.78. The largest absolute Gasteiger partial charge is 0.508 e. The Balaban J connectivity index is 1.79. The minimum Gasteiger partial charge on any atom is -0.508 e. The molecule has 1 fully saturated rings. The second-order valence-electron chi connectivity index (χ2n) is 5.99. The first kappa shape index (κ1) is 18.0. The van der Waals surface area contributed by atoms with Gasteiger partial charge in [-0.05, 0) is 43.3 Å². The number of rotatable bonds is 5. The van der Waals surface area contributed by atoms with Gasteiger partial charge < -0.3 is 20.1 Å². The molecule has 6 heteroatoms. The van der Waals surface area contributed by atoms with Crippen LogP contribution in [0.5, 0.6) is 5.75 Å². The maximum Gasteiger partial charge on any atom is 0.173 e. The maximum atomic E-state index is 10.1. The molecular weight excluding hydrogens is 356 g/mol. The highest BCUT2D eigenvalue weighted by molar-refractivity contribution is 7.80. The van der Waals surface area contributed by atoms with Crippen LogP contribution in [0.15, 0.2) is 48.5 Å². The Bertz CT molecular complexity index is 735. The number of phenols is 1. The lowest BCUT2D eigenvalue weighted by Gasteiger charge is -2.28. The molecule has 0 saturated carbocycles. The molecule has 3 rings (SSSR count). The molecule has 2 N–H and O–H groups in total. The molecule has 0 aromatic heterocycles. The topological polar surface area (TPSA) is 44.7 Å². The Morgan fingerprint density at radius 2 is 2.00 bits per heavy atom. The SMILES string of the molecule is Oc1ccccc1CN(C(=S)NC[C@@H]1CCCO1)c1ccccc1Cl. The summed E-state index contributed by atoms with van der Waals surface area (Å²) in [6.07, 6.45) is 2.32. The van der Waals surface area contributed by atoms with Gasteiger partial charge in [0.15, 0.2) is 5.11 Å². The van der Waals surface area contributed by atoms with E-state index >= 15 is 0 Å². The number of hydrogen-bond acceptors (Lipinski definition) is 3. The second kappa shape index (κ2) is 8.52. The summed E-state index contributed by atoms with van der Waals surface area (Å²) in [7, 11) is 0. The number of ether oxygens (including phenoxy) is 1. The van der Waals surface area contributed by atoms with Crippen LogP contribution in [0.1, 0.15) is 18.4 Å². The molecule has 0 unspecified atom stereocenters. The number of nitrogens with zero attached hydrogens (tertiary/aromatic N) is 1. The Kier molecular flexibility index (Phi) is 6.13. The van der Waals surface area contributed by atoms with Gasteiger partial charge >= 0.3 is 0 Å². The summed E-state index contributed by atoms with van der Waals surface area (Å²) in [5.74, 6) is 0.237. The van der Waals surface area contributed by atoms with E-state index in [-0.39, 0.29) is 11.9 Å². The Morgan fingerprint density at radius 1 is 1.24 bits per heavy atom. The lowest BCUT2D eigenvalue weighted by Crippen LogP contribution is -2.42. The quantitative estimate of drug-likeness (QED) is 0.769. The Labute approximate surface area is 158 Å². The van der Waals surface area contributed by atoms with Crippen molar-refractivity contribution < 1.29 is 9.84 Å². The van der Waals surface area contributed by atoms with Gasteiger partial charge in [0.1, 0.15) is 5.75 Å². The highest BCUT2D eigenvalue weighted by Crippen LogP contribution is 2.28. The van der Waals surface area contributed by atoms with Gasteiger partial charge in [0.2, 0.25) is 0 Å². The van der Waals surface area contributed by atoms with Gasteiger partial charge in [-0.25, -0.2) is 0 Å². The molecule has 132 valence electrons.